The Balaban J connectivity index is 3.13. The van der Waals surface area contributed by atoms with Crippen molar-refractivity contribution >= 4 is 11.8 Å². The van der Waals surface area contributed by atoms with E-state index in [9.17, 15) is 0 Å². The molecule has 2 atom stereocenters. The van der Waals surface area contributed by atoms with E-state index in [1.54, 1.807) is 0 Å². The number of thioether (sulfide) groups is 1. The zero-order valence-corrected chi connectivity index (χ0v) is 8.45. The fourth-order valence-corrected chi connectivity index (χ4v) is 1.64. The second-order valence-corrected chi connectivity index (χ2v) is 4.39. The Morgan fingerprint density at radius 3 is 2.55 bits per heavy atom. The van der Waals surface area contributed by atoms with Gasteiger partial charge in [0.2, 0.25) is 0 Å². The van der Waals surface area contributed by atoms with E-state index in [1.165, 1.54) is 6.42 Å². The Kier molecular flexibility index (Phi) is 7.12. The Labute approximate surface area is 73.8 Å². The quantitative estimate of drug-likeness (QED) is 0.637. The van der Waals surface area contributed by atoms with Crippen molar-refractivity contribution in [2.45, 2.75) is 31.6 Å². The second kappa shape index (κ2) is 6.95. The van der Waals surface area contributed by atoms with E-state index in [1.807, 2.05) is 18.8 Å². The maximum atomic E-state index is 8.72. The van der Waals surface area contributed by atoms with Gasteiger partial charge in [0.1, 0.15) is 0 Å². The molecule has 0 bridgehead atoms. The summed E-state index contributed by atoms with van der Waals surface area (Å²) < 4.78 is 0. The van der Waals surface area contributed by atoms with Gasteiger partial charge in [0.05, 0.1) is 6.61 Å². The lowest BCUT2D eigenvalue weighted by atomic mass is 10.3. The molecule has 0 aliphatic rings. The average molecular weight is 177 g/mol. The Morgan fingerprint density at radius 1 is 1.45 bits per heavy atom. The average Bonchev–Trinajstić information content (AvgIpc) is 2.04. The maximum absolute atomic E-state index is 8.72. The van der Waals surface area contributed by atoms with Crippen LogP contribution in [0.15, 0.2) is 0 Å². The van der Waals surface area contributed by atoms with Gasteiger partial charge < -0.3 is 10.4 Å². The Bertz CT molecular complexity index is 80.2. The van der Waals surface area contributed by atoms with Crippen molar-refractivity contribution in [2.24, 2.45) is 0 Å². The number of aliphatic hydroxyl groups is 1. The molecule has 0 amide bonds. The number of aliphatic hydroxyl groups excluding tert-OH is 1. The molecule has 11 heavy (non-hydrogen) atoms. The smallest absolute Gasteiger partial charge is 0.0547 e. The van der Waals surface area contributed by atoms with Crippen LogP contribution in [0.4, 0.5) is 0 Å². The number of hydrogen-bond donors (Lipinski definition) is 2. The van der Waals surface area contributed by atoms with Crippen LogP contribution in [0.1, 0.15) is 20.3 Å². The minimum atomic E-state index is 0.290. The molecule has 0 radical (unpaired) electrons. The van der Waals surface area contributed by atoms with Gasteiger partial charge in [0, 0.05) is 11.3 Å². The lowest BCUT2D eigenvalue weighted by Crippen LogP contribution is -2.22. The highest BCUT2D eigenvalue weighted by molar-refractivity contribution is 7.99. The van der Waals surface area contributed by atoms with Crippen molar-refractivity contribution in [3.8, 4) is 0 Å². The third kappa shape index (κ3) is 6.66. The summed E-state index contributed by atoms with van der Waals surface area (Å²) in [5.41, 5.74) is 0. The molecule has 2 nitrogen and oxygen atoms in total. The standard InChI is InChI=1S/C8H19NOS/c1-7(9-3)4-5-11-8(2)6-10/h7-10H,4-6H2,1-3H3. The predicted octanol–water partition coefficient (Wildman–Crippen LogP) is 1.10. The Hall–Kier alpha value is 0.270. The molecule has 68 valence electrons. The van der Waals surface area contributed by atoms with Gasteiger partial charge in [0.25, 0.3) is 0 Å². The summed E-state index contributed by atoms with van der Waals surface area (Å²) in [6.45, 7) is 4.51. The summed E-state index contributed by atoms with van der Waals surface area (Å²) in [5.74, 6) is 1.13. The van der Waals surface area contributed by atoms with Crippen LogP contribution in [0, 0.1) is 0 Å². The largest absolute Gasteiger partial charge is 0.395 e. The first-order valence-corrected chi connectivity index (χ1v) is 5.15. The molecule has 0 saturated carbocycles. The summed E-state index contributed by atoms with van der Waals surface area (Å²) in [6, 6.07) is 0.591. The third-order valence-electron chi connectivity index (χ3n) is 1.70. The molecule has 2 unspecified atom stereocenters. The van der Waals surface area contributed by atoms with Gasteiger partial charge in [-0.1, -0.05) is 6.92 Å². The fourth-order valence-electron chi connectivity index (χ4n) is 0.643. The van der Waals surface area contributed by atoms with Gasteiger partial charge in [-0.25, -0.2) is 0 Å². The van der Waals surface area contributed by atoms with Gasteiger partial charge in [-0.05, 0) is 26.1 Å². The predicted molar refractivity (Wildman–Crippen MR) is 52.1 cm³/mol. The minimum Gasteiger partial charge on any atom is -0.395 e. The molecule has 0 aliphatic carbocycles. The summed E-state index contributed by atoms with van der Waals surface area (Å²) >= 11 is 1.83. The van der Waals surface area contributed by atoms with Crippen molar-refractivity contribution in [1.82, 2.24) is 5.32 Å². The SMILES string of the molecule is CNC(C)CCSC(C)CO. The molecule has 3 heteroatoms. The van der Waals surface area contributed by atoms with Gasteiger partial charge in [0.15, 0.2) is 0 Å². The topological polar surface area (TPSA) is 32.3 Å². The van der Waals surface area contributed by atoms with Gasteiger partial charge in [-0.15, -0.1) is 0 Å². The molecule has 0 aromatic heterocycles. The van der Waals surface area contributed by atoms with Gasteiger partial charge in [-0.3, -0.25) is 0 Å². The highest BCUT2D eigenvalue weighted by atomic mass is 32.2. The van der Waals surface area contributed by atoms with E-state index in [0.717, 1.165) is 5.75 Å². The minimum absolute atomic E-state index is 0.290. The van der Waals surface area contributed by atoms with Crippen LogP contribution in [0.25, 0.3) is 0 Å². The number of nitrogens with one attached hydrogen (secondary N) is 1. The lowest BCUT2D eigenvalue weighted by Gasteiger charge is -2.11. The van der Waals surface area contributed by atoms with Crippen LogP contribution < -0.4 is 5.32 Å². The molecular weight excluding hydrogens is 158 g/mol. The van der Waals surface area contributed by atoms with E-state index in [0.29, 0.717) is 17.9 Å². The summed E-state index contributed by atoms with van der Waals surface area (Å²) in [4.78, 5) is 0. The molecule has 0 saturated heterocycles. The van der Waals surface area contributed by atoms with Crippen LogP contribution in [0.2, 0.25) is 0 Å². The second-order valence-electron chi connectivity index (χ2n) is 2.84. The molecule has 0 aromatic rings. The van der Waals surface area contributed by atoms with E-state index in [-0.39, 0.29) is 0 Å². The van der Waals surface area contributed by atoms with Crippen LogP contribution in [0.3, 0.4) is 0 Å². The van der Waals surface area contributed by atoms with E-state index in [4.69, 9.17) is 5.11 Å². The Morgan fingerprint density at radius 2 is 2.09 bits per heavy atom. The van der Waals surface area contributed by atoms with Gasteiger partial charge >= 0.3 is 0 Å². The first kappa shape index (κ1) is 11.3. The van der Waals surface area contributed by atoms with Gasteiger partial charge in [-0.2, -0.15) is 11.8 Å². The first-order chi connectivity index (χ1) is 5.20. The third-order valence-corrected chi connectivity index (χ3v) is 2.89. The van der Waals surface area contributed by atoms with Crippen molar-refractivity contribution < 1.29 is 5.11 Å². The summed E-state index contributed by atoms with van der Waals surface area (Å²) in [6.07, 6.45) is 1.17. The van der Waals surface area contributed by atoms with Crippen molar-refractivity contribution in [3.63, 3.8) is 0 Å². The highest BCUT2D eigenvalue weighted by Crippen LogP contribution is 2.11. The van der Waals surface area contributed by atoms with E-state index in [2.05, 4.69) is 19.2 Å². The maximum Gasteiger partial charge on any atom is 0.0547 e. The number of hydrogen-bond acceptors (Lipinski definition) is 3. The normalized spacial score (nSPS) is 16.4. The molecule has 2 N–H and O–H groups in total. The molecule has 0 aromatic carbocycles. The van der Waals surface area contributed by atoms with Crippen LogP contribution >= 0.6 is 11.8 Å². The molecule has 0 rings (SSSR count). The zero-order valence-electron chi connectivity index (χ0n) is 7.63. The monoisotopic (exact) mass is 177 g/mol. The van der Waals surface area contributed by atoms with Crippen molar-refractivity contribution in [2.75, 3.05) is 19.4 Å². The molecule has 0 spiro atoms. The van der Waals surface area contributed by atoms with Crippen LogP contribution in [-0.4, -0.2) is 35.8 Å². The fraction of sp³-hybridized carbons (Fsp3) is 1.00. The number of rotatable bonds is 6. The lowest BCUT2D eigenvalue weighted by molar-refractivity contribution is 0.300. The summed E-state index contributed by atoms with van der Waals surface area (Å²) in [5, 5.41) is 12.3. The highest BCUT2D eigenvalue weighted by Gasteiger charge is 2.01. The summed E-state index contributed by atoms with van der Waals surface area (Å²) in [7, 11) is 1.98. The zero-order chi connectivity index (χ0) is 8.69. The molecule has 0 aliphatic heterocycles. The van der Waals surface area contributed by atoms with E-state index < -0.39 is 0 Å². The van der Waals surface area contributed by atoms with Crippen LogP contribution in [0.5, 0.6) is 0 Å². The van der Waals surface area contributed by atoms with Crippen molar-refractivity contribution in [3.05, 3.63) is 0 Å². The van der Waals surface area contributed by atoms with E-state index >= 15 is 0 Å². The molecule has 0 heterocycles. The molecular formula is C8H19NOS. The van der Waals surface area contributed by atoms with Crippen molar-refractivity contribution in [1.29, 1.82) is 0 Å². The molecule has 0 fully saturated rings. The van der Waals surface area contributed by atoms with Crippen LogP contribution in [-0.2, 0) is 0 Å². The first-order valence-electron chi connectivity index (χ1n) is 4.10.